The zero-order chi connectivity index (χ0) is 15.7. The van der Waals surface area contributed by atoms with Gasteiger partial charge >= 0.3 is 0 Å². The van der Waals surface area contributed by atoms with E-state index in [4.69, 9.17) is 4.74 Å². The molecule has 0 bridgehead atoms. The van der Waals surface area contributed by atoms with Crippen molar-refractivity contribution in [2.24, 2.45) is 0 Å². The molecule has 0 radical (unpaired) electrons. The van der Waals surface area contributed by atoms with E-state index in [0.29, 0.717) is 6.54 Å². The van der Waals surface area contributed by atoms with Crippen molar-refractivity contribution >= 4 is 17.2 Å². The van der Waals surface area contributed by atoms with Crippen molar-refractivity contribution in [3.63, 3.8) is 0 Å². The highest BCUT2D eigenvalue weighted by Gasteiger charge is 2.46. The fourth-order valence-corrected chi connectivity index (χ4v) is 3.58. The van der Waals surface area contributed by atoms with Crippen LogP contribution in [-0.2, 0) is 16.1 Å². The van der Waals surface area contributed by atoms with E-state index < -0.39 is 0 Å². The van der Waals surface area contributed by atoms with Gasteiger partial charge in [-0.1, -0.05) is 6.07 Å². The summed E-state index contributed by atoms with van der Waals surface area (Å²) in [5, 5.41) is 8.41. The van der Waals surface area contributed by atoms with Gasteiger partial charge in [-0.05, 0) is 52.5 Å². The van der Waals surface area contributed by atoms with Crippen molar-refractivity contribution in [2.45, 2.75) is 70.9 Å². The Hall–Kier alpha value is -0.910. The molecule has 1 fully saturated rings. The Bertz CT molecular complexity index is 482. The molecule has 1 saturated heterocycles. The van der Waals surface area contributed by atoms with Gasteiger partial charge in [0.25, 0.3) is 0 Å². The van der Waals surface area contributed by atoms with Crippen LogP contribution in [0.4, 0.5) is 0 Å². The lowest BCUT2D eigenvalue weighted by atomic mass is 9.94. The Labute approximate surface area is 131 Å². The Kier molecular flexibility index (Phi) is 4.76. The summed E-state index contributed by atoms with van der Waals surface area (Å²) < 4.78 is 6.06. The molecule has 1 aromatic rings. The minimum absolute atomic E-state index is 0.0314. The van der Waals surface area contributed by atoms with Gasteiger partial charge in [-0.3, -0.25) is 4.79 Å². The molecule has 0 spiro atoms. The molecule has 2 heterocycles. The number of amides is 1. The van der Waals surface area contributed by atoms with E-state index >= 15 is 0 Å². The van der Waals surface area contributed by atoms with Crippen LogP contribution in [0.25, 0.3) is 0 Å². The highest BCUT2D eigenvalue weighted by molar-refractivity contribution is 7.09. The first-order chi connectivity index (χ1) is 9.70. The first-order valence-corrected chi connectivity index (χ1v) is 8.34. The van der Waals surface area contributed by atoms with Gasteiger partial charge < -0.3 is 15.4 Å². The molecule has 118 valence electrons. The molecule has 1 aliphatic rings. The van der Waals surface area contributed by atoms with Gasteiger partial charge in [0.05, 0.1) is 23.8 Å². The Morgan fingerprint density at radius 1 is 1.48 bits per heavy atom. The summed E-state index contributed by atoms with van der Waals surface area (Å²) in [4.78, 5) is 13.4. The second kappa shape index (κ2) is 6.07. The minimum Gasteiger partial charge on any atom is -0.368 e. The summed E-state index contributed by atoms with van der Waals surface area (Å²) in [6.45, 7) is 10.9. The molecule has 0 aliphatic carbocycles. The highest BCUT2D eigenvalue weighted by atomic mass is 32.1. The zero-order valence-corrected chi connectivity index (χ0v) is 14.3. The topological polar surface area (TPSA) is 50.4 Å². The van der Waals surface area contributed by atoms with Crippen LogP contribution in [0.3, 0.4) is 0 Å². The Morgan fingerprint density at radius 3 is 2.71 bits per heavy atom. The van der Waals surface area contributed by atoms with Gasteiger partial charge in [0.15, 0.2) is 0 Å². The van der Waals surface area contributed by atoms with Crippen molar-refractivity contribution in [1.82, 2.24) is 10.6 Å². The molecule has 1 amide bonds. The fraction of sp³-hybridized carbons (Fsp3) is 0.688. The van der Waals surface area contributed by atoms with Crippen LogP contribution in [0.2, 0.25) is 0 Å². The second-order valence-electron chi connectivity index (χ2n) is 6.91. The number of ether oxygens (including phenoxy) is 1. The van der Waals surface area contributed by atoms with E-state index in [1.54, 1.807) is 11.3 Å². The molecule has 2 atom stereocenters. The molecule has 4 nitrogen and oxygen atoms in total. The quantitative estimate of drug-likeness (QED) is 0.879. The van der Waals surface area contributed by atoms with Gasteiger partial charge in [0, 0.05) is 10.9 Å². The van der Waals surface area contributed by atoms with Crippen molar-refractivity contribution < 1.29 is 9.53 Å². The molecule has 1 aromatic heterocycles. The third-order valence-corrected chi connectivity index (χ3v) is 4.81. The second-order valence-corrected chi connectivity index (χ2v) is 7.94. The third kappa shape index (κ3) is 4.28. The molecule has 5 heteroatoms. The molecule has 1 aliphatic heterocycles. The largest absolute Gasteiger partial charge is 0.368 e. The third-order valence-electron chi connectivity index (χ3n) is 3.94. The lowest BCUT2D eigenvalue weighted by molar-refractivity contribution is -0.123. The van der Waals surface area contributed by atoms with Gasteiger partial charge in [-0.15, -0.1) is 11.3 Å². The van der Waals surface area contributed by atoms with Crippen LogP contribution in [0.5, 0.6) is 0 Å². The van der Waals surface area contributed by atoms with Crippen LogP contribution >= 0.6 is 11.3 Å². The summed E-state index contributed by atoms with van der Waals surface area (Å²) in [7, 11) is 0. The summed E-state index contributed by atoms with van der Waals surface area (Å²) >= 11 is 1.65. The van der Waals surface area contributed by atoms with Gasteiger partial charge in [0.2, 0.25) is 5.91 Å². The number of rotatable bonds is 5. The van der Waals surface area contributed by atoms with Crippen molar-refractivity contribution in [3.05, 3.63) is 22.4 Å². The fourth-order valence-electron chi connectivity index (χ4n) is 2.94. The van der Waals surface area contributed by atoms with Gasteiger partial charge in [-0.25, -0.2) is 0 Å². The number of nitrogens with one attached hydrogen (secondary N) is 2. The molecule has 0 saturated carbocycles. The maximum atomic E-state index is 12.2. The Balaban J connectivity index is 1.86. The number of hydrogen-bond acceptors (Lipinski definition) is 4. The van der Waals surface area contributed by atoms with E-state index in [2.05, 4.69) is 38.3 Å². The maximum Gasteiger partial charge on any atom is 0.237 e. The molecular formula is C16H26N2O2S. The summed E-state index contributed by atoms with van der Waals surface area (Å²) in [5.41, 5.74) is -0.403. The predicted molar refractivity (Wildman–Crippen MR) is 86.4 cm³/mol. The summed E-state index contributed by atoms with van der Waals surface area (Å²) in [5.74, 6) is 0.0314. The molecule has 0 unspecified atom stereocenters. The number of carbonyl (C=O) groups is 1. The number of carbonyl (C=O) groups excluding carboxylic acids is 1. The van der Waals surface area contributed by atoms with Crippen molar-refractivity contribution in [1.29, 1.82) is 0 Å². The van der Waals surface area contributed by atoms with Gasteiger partial charge in [-0.2, -0.15) is 0 Å². The smallest absolute Gasteiger partial charge is 0.237 e. The SMILES string of the molecule is C[C@@H](N[C@@H]1CC(C)(C)OC1(C)C)C(=O)NCc1cccs1. The van der Waals surface area contributed by atoms with Crippen LogP contribution < -0.4 is 10.6 Å². The van der Waals surface area contributed by atoms with E-state index in [1.807, 2.05) is 24.4 Å². The predicted octanol–water partition coefficient (Wildman–Crippen LogP) is 2.69. The first kappa shape index (κ1) is 16.5. The maximum absolute atomic E-state index is 12.2. The summed E-state index contributed by atoms with van der Waals surface area (Å²) in [6, 6.07) is 3.97. The molecular weight excluding hydrogens is 284 g/mol. The molecule has 21 heavy (non-hydrogen) atoms. The van der Waals surface area contributed by atoms with Gasteiger partial charge in [0.1, 0.15) is 0 Å². The van der Waals surface area contributed by atoms with Crippen LogP contribution in [0.1, 0.15) is 45.9 Å². The molecule has 2 rings (SSSR count). The number of thiophene rings is 1. The lowest BCUT2D eigenvalue weighted by Gasteiger charge is -2.29. The lowest BCUT2D eigenvalue weighted by Crippen LogP contribution is -2.52. The van der Waals surface area contributed by atoms with Crippen molar-refractivity contribution in [2.75, 3.05) is 0 Å². The average molecular weight is 310 g/mol. The van der Waals surface area contributed by atoms with E-state index in [1.165, 1.54) is 4.88 Å². The monoisotopic (exact) mass is 310 g/mol. The first-order valence-electron chi connectivity index (χ1n) is 7.46. The van der Waals surface area contributed by atoms with Crippen LogP contribution in [0.15, 0.2) is 17.5 Å². The molecule has 2 N–H and O–H groups in total. The normalized spacial score (nSPS) is 24.7. The standard InChI is InChI=1S/C16H26N2O2S/c1-11(14(19)17-10-12-7-6-8-21-12)18-13-9-15(2,3)20-16(13,4)5/h6-8,11,13,18H,9-10H2,1-5H3,(H,17,19)/t11-,13-/m1/s1. The van der Waals surface area contributed by atoms with E-state index in [9.17, 15) is 4.79 Å². The average Bonchev–Trinajstić information content (AvgIpc) is 2.92. The van der Waals surface area contributed by atoms with E-state index in [0.717, 1.165) is 6.42 Å². The summed E-state index contributed by atoms with van der Waals surface area (Å²) in [6.07, 6.45) is 0.905. The zero-order valence-electron chi connectivity index (χ0n) is 13.5. The van der Waals surface area contributed by atoms with E-state index in [-0.39, 0.29) is 29.2 Å². The Morgan fingerprint density at radius 2 is 2.19 bits per heavy atom. The van der Waals surface area contributed by atoms with Crippen LogP contribution in [-0.4, -0.2) is 29.2 Å². The minimum atomic E-state index is -0.258. The highest BCUT2D eigenvalue weighted by Crippen LogP contribution is 2.37. The van der Waals surface area contributed by atoms with Crippen LogP contribution in [0, 0.1) is 0 Å². The number of hydrogen-bond donors (Lipinski definition) is 2. The van der Waals surface area contributed by atoms with Crippen molar-refractivity contribution in [3.8, 4) is 0 Å². The molecule has 0 aromatic carbocycles.